The van der Waals surface area contributed by atoms with Gasteiger partial charge < -0.3 is 9.47 Å². The summed E-state index contributed by atoms with van der Waals surface area (Å²) in [5.41, 5.74) is 2.57. The molecule has 0 N–H and O–H groups in total. The Bertz CT molecular complexity index is 2030. The molecule has 0 saturated heterocycles. The zero-order chi connectivity index (χ0) is 29.2. The Morgan fingerprint density at radius 1 is 1.00 bits per heavy atom. The number of aromatic nitrogens is 1. The number of carbonyl (C=O) groups is 1. The largest absolute Gasteiger partial charge is 0.488 e. The van der Waals surface area contributed by atoms with E-state index in [4.69, 9.17) is 14.5 Å². The van der Waals surface area contributed by atoms with Crippen LogP contribution in [0, 0.1) is 5.82 Å². The molecule has 6 nitrogen and oxygen atoms in total. The minimum atomic E-state index is -0.684. The Kier molecular flexibility index (Phi) is 7.54. The van der Waals surface area contributed by atoms with Gasteiger partial charge in [0, 0.05) is 11.1 Å². The smallest absolute Gasteiger partial charge is 0.338 e. The van der Waals surface area contributed by atoms with E-state index in [1.165, 1.54) is 24.5 Å². The normalized spacial score (nSPS) is 14.9. The van der Waals surface area contributed by atoms with Crippen LogP contribution in [0.15, 0.2) is 112 Å². The van der Waals surface area contributed by atoms with Gasteiger partial charge in [-0.15, -0.1) is 0 Å². The van der Waals surface area contributed by atoms with Gasteiger partial charge in [0.1, 0.15) is 18.2 Å². The zero-order valence-corrected chi connectivity index (χ0v) is 23.9. The Hall–Kier alpha value is -4.82. The molecule has 4 aromatic carbocycles. The molecule has 0 unspecified atom stereocenters. The van der Waals surface area contributed by atoms with Crippen LogP contribution in [0.3, 0.4) is 0 Å². The first-order valence-corrected chi connectivity index (χ1v) is 14.4. The van der Waals surface area contributed by atoms with E-state index in [0.29, 0.717) is 43.9 Å². The maximum Gasteiger partial charge on any atom is 0.338 e. The molecule has 8 heteroatoms. The lowest BCUT2D eigenvalue weighted by Crippen LogP contribution is -2.40. The van der Waals surface area contributed by atoms with Crippen molar-refractivity contribution in [1.29, 1.82) is 0 Å². The van der Waals surface area contributed by atoms with Crippen molar-refractivity contribution in [2.45, 2.75) is 26.0 Å². The number of hydrogen-bond donors (Lipinski definition) is 0. The number of methoxy groups -OCH3 is 1. The molecule has 42 heavy (non-hydrogen) atoms. The van der Waals surface area contributed by atoms with Crippen molar-refractivity contribution < 1.29 is 18.7 Å². The number of rotatable bonds is 7. The summed E-state index contributed by atoms with van der Waals surface area (Å²) in [4.78, 5) is 32.4. The van der Waals surface area contributed by atoms with Crippen molar-refractivity contribution in [3.8, 4) is 5.75 Å². The molecule has 210 valence electrons. The average molecular weight is 579 g/mol. The number of hydrogen-bond acceptors (Lipinski definition) is 6. The highest BCUT2D eigenvalue weighted by Crippen LogP contribution is 2.32. The van der Waals surface area contributed by atoms with Crippen LogP contribution < -0.4 is 19.6 Å². The number of benzene rings is 4. The van der Waals surface area contributed by atoms with Crippen LogP contribution in [-0.2, 0) is 16.1 Å². The fraction of sp³-hybridized carbons (Fsp3) is 0.147. The van der Waals surface area contributed by atoms with E-state index >= 15 is 0 Å². The van der Waals surface area contributed by atoms with E-state index < -0.39 is 12.0 Å². The molecule has 1 aliphatic rings. The fourth-order valence-electron chi connectivity index (χ4n) is 5.27. The van der Waals surface area contributed by atoms with Gasteiger partial charge in [-0.1, -0.05) is 97.1 Å². The van der Waals surface area contributed by atoms with Crippen LogP contribution in [0.5, 0.6) is 5.75 Å². The summed E-state index contributed by atoms with van der Waals surface area (Å²) in [5, 5.41) is 1.86. The Morgan fingerprint density at radius 3 is 2.50 bits per heavy atom. The van der Waals surface area contributed by atoms with Crippen molar-refractivity contribution in [3.63, 3.8) is 0 Å². The molecule has 0 fully saturated rings. The second-order valence-corrected chi connectivity index (χ2v) is 10.8. The molecule has 1 atom stereocenters. The lowest BCUT2D eigenvalue weighted by Gasteiger charge is -2.25. The van der Waals surface area contributed by atoms with Crippen LogP contribution in [0.1, 0.15) is 36.1 Å². The Morgan fingerprint density at radius 2 is 1.74 bits per heavy atom. The predicted octanol–water partition coefficient (Wildman–Crippen LogP) is 5.67. The molecule has 0 aliphatic carbocycles. The topological polar surface area (TPSA) is 69.9 Å². The second kappa shape index (κ2) is 11.6. The maximum atomic E-state index is 14.4. The summed E-state index contributed by atoms with van der Waals surface area (Å²) in [6, 6.07) is 26.8. The molecule has 0 radical (unpaired) electrons. The number of fused-ring (bicyclic) bond motifs is 2. The van der Waals surface area contributed by atoms with Crippen LogP contribution in [0.4, 0.5) is 4.39 Å². The summed E-state index contributed by atoms with van der Waals surface area (Å²) in [7, 11) is 1.33. The third-order valence-corrected chi connectivity index (χ3v) is 8.30. The van der Waals surface area contributed by atoms with Crippen LogP contribution >= 0.6 is 11.3 Å². The van der Waals surface area contributed by atoms with Gasteiger partial charge in [0.15, 0.2) is 4.80 Å². The molecular weight excluding hydrogens is 551 g/mol. The Balaban J connectivity index is 1.55. The van der Waals surface area contributed by atoms with Crippen LogP contribution in [0.25, 0.3) is 16.8 Å². The number of nitrogens with zero attached hydrogens (tertiary/aromatic N) is 2. The predicted molar refractivity (Wildman–Crippen MR) is 162 cm³/mol. The van der Waals surface area contributed by atoms with Gasteiger partial charge in [0.25, 0.3) is 5.56 Å². The van der Waals surface area contributed by atoms with Crippen molar-refractivity contribution in [1.82, 2.24) is 4.57 Å². The van der Waals surface area contributed by atoms with Gasteiger partial charge in [-0.2, -0.15) is 0 Å². The quantitative estimate of drug-likeness (QED) is 0.234. The van der Waals surface area contributed by atoms with Crippen molar-refractivity contribution in [2.24, 2.45) is 4.99 Å². The highest BCUT2D eigenvalue weighted by atomic mass is 32.1. The van der Waals surface area contributed by atoms with Gasteiger partial charge in [0.05, 0.1) is 29.0 Å². The highest BCUT2D eigenvalue weighted by Gasteiger charge is 2.33. The number of halogens is 1. The van der Waals surface area contributed by atoms with E-state index in [1.807, 2.05) is 73.7 Å². The van der Waals surface area contributed by atoms with Gasteiger partial charge in [0.2, 0.25) is 0 Å². The van der Waals surface area contributed by atoms with E-state index in [2.05, 4.69) is 0 Å². The molecule has 6 rings (SSSR count). The number of esters is 1. The SMILES string of the molecule is CCC1=C(C(=O)OC)[C@H](c2ccccc2)n2c(s/c(=C/c3c(OCc4ccccc4F)ccc4ccccc34)c2=O)=N1. The third kappa shape index (κ3) is 4.94. The lowest BCUT2D eigenvalue weighted by molar-refractivity contribution is -0.136. The van der Waals surface area contributed by atoms with Gasteiger partial charge in [-0.25, -0.2) is 14.2 Å². The third-order valence-electron chi connectivity index (χ3n) is 7.31. The zero-order valence-electron chi connectivity index (χ0n) is 23.0. The number of ether oxygens (including phenoxy) is 2. The lowest BCUT2D eigenvalue weighted by atomic mass is 9.95. The standard InChI is InChI=1S/C34H27FN2O4S/c1-3-27-30(33(39)40-2)31(22-12-5-4-6-13-22)37-32(38)29(42-34(37)36-27)19-25-24-15-9-7-11-21(24)17-18-28(25)41-20-23-14-8-10-16-26(23)35/h4-19,31H,3,20H2,1-2H3/b29-19+/t31-/m0/s1. The maximum absolute atomic E-state index is 14.4. The van der Waals surface area contributed by atoms with E-state index in [0.717, 1.165) is 16.3 Å². The monoisotopic (exact) mass is 578 g/mol. The molecule has 1 aromatic heterocycles. The van der Waals surface area contributed by atoms with E-state index in [-0.39, 0.29) is 18.0 Å². The molecule has 1 aliphatic heterocycles. The van der Waals surface area contributed by atoms with Gasteiger partial charge in [-0.05, 0) is 41.0 Å². The number of carbonyl (C=O) groups excluding carboxylic acids is 1. The first-order chi connectivity index (χ1) is 20.5. The number of allylic oxidation sites excluding steroid dienone is 1. The van der Waals surface area contributed by atoms with Crippen molar-refractivity contribution in [3.05, 3.63) is 144 Å². The summed E-state index contributed by atoms with van der Waals surface area (Å²) >= 11 is 1.26. The summed E-state index contributed by atoms with van der Waals surface area (Å²) < 4.78 is 27.6. The average Bonchev–Trinajstić information content (AvgIpc) is 3.34. The first-order valence-electron chi connectivity index (χ1n) is 13.6. The number of thiazole rings is 1. The highest BCUT2D eigenvalue weighted by molar-refractivity contribution is 7.07. The second-order valence-electron chi connectivity index (χ2n) is 9.78. The summed E-state index contributed by atoms with van der Waals surface area (Å²) in [6.07, 6.45) is 2.30. The van der Waals surface area contributed by atoms with Gasteiger partial charge in [-0.3, -0.25) is 9.36 Å². The molecule has 5 aromatic rings. The molecule has 0 spiro atoms. The molecule has 0 saturated carbocycles. The van der Waals surface area contributed by atoms with E-state index in [1.54, 1.807) is 28.8 Å². The van der Waals surface area contributed by atoms with Crippen molar-refractivity contribution in [2.75, 3.05) is 7.11 Å². The summed E-state index contributed by atoms with van der Waals surface area (Å²) in [6.45, 7) is 1.96. The first kappa shape index (κ1) is 27.4. The summed E-state index contributed by atoms with van der Waals surface area (Å²) in [5.74, 6) is -0.342. The Labute approximate surface area is 245 Å². The molecular formula is C34H27FN2O4S. The minimum absolute atomic E-state index is 0.0312. The van der Waals surface area contributed by atoms with Crippen LogP contribution in [-0.4, -0.2) is 17.6 Å². The molecule has 0 bridgehead atoms. The van der Waals surface area contributed by atoms with Crippen molar-refractivity contribution >= 4 is 34.2 Å². The molecule has 0 amide bonds. The van der Waals surface area contributed by atoms with Crippen LogP contribution in [0.2, 0.25) is 0 Å². The fourth-order valence-corrected chi connectivity index (χ4v) is 6.27. The molecule has 2 heterocycles. The van der Waals surface area contributed by atoms with E-state index in [9.17, 15) is 14.0 Å². The minimum Gasteiger partial charge on any atom is -0.488 e. The van der Waals surface area contributed by atoms with Gasteiger partial charge >= 0.3 is 5.97 Å².